The van der Waals surface area contributed by atoms with Gasteiger partial charge in [0.25, 0.3) is 0 Å². The van der Waals surface area contributed by atoms with Gasteiger partial charge in [-0.1, -0.05) is 5.16 Å². The third-order valence-electron chi connectivity index (χ3n) is 2.28. The van der Waals surface area contributed by atoms with Crippen LogP contribution in [0.2, 0.25) is 0 Å². The Morgan fingerprint density at radius 2 is 1.94 bits per heavy atom. The molecule has 0 saturated heterocycles. The first-order valence-corrected chi connectivity index (χ1v) is 5.22. The first-order chi connectivity index (χ1) is 8.58. The molecule has 0 spiro atoms. The van der Waals surface area contributed by atoms with Crippen molar-refractivity contribution in [1.82, 2.24) is 10.1 Å². The molecule has 0 amide bonds. The van der Waals surface area contributed by atoms with Crippen LogP contribution in [0.1, 0.15) is 23.3 Å². The van der Waals surface area contributed by atoms with Gasteiger partial charge in [-0.3, -0.25) is 0 Å². The van der Waals surface area contributed by atoms with Crippen molar-refractivity contribution in [2.24, 2.45) is 5.73 Å². The second-order valence-electron chi connectivity index (χ2n) is 3.79. The van der Waals surface area contributed by atoms with Crippen LogP contribution in [0.15, 0.2) is 22.7 Å². The highest BCUT2D eigenvalue weighted by Gasteiger charge is 2.14. The number of aliphatic hydroxyl groups is 1. The van der Waals surface area contributed by atoms with Gasteiger partial charge in [-0.15, -0.1) is 0 Å². The van der Waals surface area contributed by atoms with Crippen molar-refractivity contribution in [1.29, 1.82) is 0 Å². The maximum atomic E-state index is 13.0. The molecule has 0 aliphatic rings. The summed E-state index contributed by atoms with van der Waals surface area (Å²) in [4.78, 5) is 3.93. The minimum absolute atomic E-state index is 0.0874. The van der Waals surface area contributed by atoms with Crippen LogP contribution in [-0.4, -0.2) is 21.9 Å². The van der Waals surface area contributed by atoms with Gasteiger partial charge in [-0.2, -0.15) is 4.98 Å². The van der Waals surface area contributed by atoms with Crippen molar-refractivity contribution in [3.05, 3.63) is 47.1 Å². The van der Waals surface area contributed by atoms with Crippen molar-refractivity contribution in [3.8, 4) is 0 Å². The Morgan fingerprint density at radius 1 is 1.28 bits per heavy atom. The van der Waals surface area contributed by atoms with Gasteiger partial charge in [0.1, 0.15) is 17.7 Å². The molecule has 0 aliphatic heterocycles. The molecule has 0 fully saturated rings. The van der Waals surface area contributed by atoms with Crippen LogP contribution in [0.25, 0.3) is 0 Å². The van der Waals surface area contributed by atoms with Crippen LogP contribution in [0.5, 0.6) is 0 Å². The standard InChI is InChI=1S/C11H11F2N3O2/c12-7-1-6(2-8(13)4-7)3-10-15-11(18-16-10)9(14)5-17/h1-2,4,9,17H,3,5,14H2. The predicted octanol–water partition coefficient (Wildman–Crippen LogP) is 0.931. The van der Waals surface area contributed by atoms with Crippen molar-refractivity contribution >= 4 is 0 Å². The maximum Gasteiger partial charge on any atom is 0.245 e. The van der Waals surface area contributed by atoms with Crippen LogP contribution >= 0.6 is 0 Å². The Kier molecular flexibility index (Phi) is 3.63. The number of hydrogen-bond acceptors (Lipinski definition) is 5. The molecule has 1 aromatic carbocycles. The molecule has 3 N–H and O–H groups in total. The van der Waals surface area contributed by atoms with E-state index < -0.39 is 17.7 Å². The lowest BCUT2D eigenvalue weighted by molar-refractivity contribution is 0.236. The Labute approximate surface area is 101 Å². The van der Waals surface area contributed by atoms with Crippen LogP contribution in [-0.2, 0) is 6.42 Å². The number of nitrogens with zero attached hydrogens (tertiary/aromatic N) is 2. The molecule has 18 heavy (non-hydrogen) atoms. The number of aliphatic hydroxyl groups excluding tert-OH is 1. The van der Waals surface area contributed by atoms with E-state index in [0.717, 1.165) is 6.07 Å². The maximum absolute atomic E-state index is 13.0. The molecule has 1 heterocycles. The lowest BCUT2D eigenvalue weighted by atomic mass is 10.1. The molecule has 2 rings (SSSR count). The third kappa shape index (κ3) is 2.88. The van der Waals surface area contributed by atoms with Gasteiger partial charge in [-0.25, -0.2) is 8.78 Å². The molecule has 7 heteroatoms. The van der Waals surface area contributed by atoms with Crippen LogP contribution in [0.4, 0.5) is 8.78 Å². The lowest BCUT2D eigenvalue weighted by Crippen LogP contribution is -2.14. The molecule has 1 atom stereocenters. The van der Waals surface area contributed by atoms with E-state index in [0.29, 0.717) is 5.56 Å². The van der Waals surface area contributed by atoms with Gasteiger partial charge >= 0.3 is 0 Å². The first-order valence-electron chi connectivity index (χ1n) is 5.22. The van der Waals surface area contributed by atoms with Gasteiger partial charge in [-0.05, 0) is 17.7 Å². The minimum atomic E-state index is -0.754. The van der Waals surface area contributed by atoms with Crippen molar-refractivity contribution in [2.45, 2.75) is 12.5 Å². The summed E-state index contributed by atoms with van der Waals surface area (Å²) in [7, 11) is 0. The average molecular weight is 255 g/mol. The molecule has 1 unspecified atom stereocenters. The fraction of sp³-hybridized carbons (Fsp3) is 0.273. The molecule has 1 aromatic heterocycles. The van der Waals surface area contributed by atoms with Gasteiger partial charge in [0, 0.05) is 12.5 Å². The number of hydrogen-bond donors (Lipinski definition) is 2. The monoisotopic (exact) mass is 255 g/mol. The fourth-order valence-corrected chi connectivity index (χ4v) is 1.46. The molecule has 96 valence electrons. The zero-order chi connectivity index (χ0) is 13.1. The quantitative estimate of drug-likeness (QED) is 0.848. The average Bonchev–Trinajstić information content (AvgIpc) is 2.75. The summed E-state index contributed by atoms with van der Waals surface area (Å²) in [6.07, 6.45) is 0.121. The Hall–Kier alpha value is -1.86. The highest BCUT2D eigenvalue weighted by molar-refractivity contribution is 5.21. The van der Waals surface area contributed by atoms with Crippen molar-refractivity contribution in [3.63, 3.8) is 0 Å². The molecule has 2 aromatic rings. The number of benzene rings is 1. The number of halogens is 2. The summed E-state index contributed by atoms with van der Waals surface area (Å²) in [6.45, 7) is -0.323. The van der Waals surface area contributed by atoms with Gasteiger partial charge in [0.15, 0.2) is 5.82 Å². The van der Waals surface area contributed by atoms with Crippen LogP contribution in [0.3, 0.4) is 0 Å². The van der Waals surface area contributed by atoms with E-state index in [2.05, 4.69) is 10.1 Å². The predicted molar refractivity (Wildman–Crippen MR) is 57.5 cm³/mol. The first kappa shape index (κ1) is 12.6. The minimum Gasteiger partial charge on any atom is -0.394 e. The normalized spacial score (nSPS) is 12.7. The highest BCUT2D eigenvalue weighted by atomic mass is 19.1. The summed E-state index contributed by atoms with van der Waals surface area (Å²) in [6, 6.07) is 2.40. The number of rotatable bonds is 4. The van der Waals surface area contributed by atoms with Crippen molar-refractivity contribution in [2.75, 3.05) is 6.61 Å². The Balaban J connectivity index is 2.16. The summed E-state index contributed by atoms with van der Waals surface area (Å²) in [5.74, 6) is -0.996. The van der Waals surface area contributed by atoms with Gasteiger partial charge < -0.3 is 15.4 Å². The van der Waals surface area contributed by atoms with Gasteiger partial charge in [0.2, 0.25) is 5.89 Å². The summed E-state index contributed by atoms with van der Waals surface area (Å²) < 4.78 is 30.7. The van der Waals surface area contributed by atoms with E-state index in [1.54, 1.807) is 0 Å². The third-order valence-corrected chi connectivity index (χ3v) is 2.28. The molecule has 0 bridgehead atoms. The van der Waals surface area contributed by atoms with E-state index in [1.165, 1.54) is 12.1 Å². The lowest BCUT2D eigenvalue weighted by Gasteiger charge is -1.99. The molecule has 0 radical (unpaired) electrons. The molecular weight excluding hydrogens is 244 g/mol. The van der Waals surface area contributed by atoms with E-state index >= 15 is 0 Å². The van der Waals surface area contributed by atoms with E-state index in [9.17, 15) is 8.78 Å². The molecule has 5 nitrogen and oxygen atoms in total. The van der Waals surface area contributed by atoms with Gasteiger partial charge in [0.05, 0.1) is 6.61 Å². The van der Waals surface area contributed by atoms with E-state index in [4.69, 9.17) is 15.4 Å². The summed E-state index contributed by atoms with van der Waals surface area (Å²) in [5, 5.41) is 12.4. The Bertz CT molecular complexity index is 525. The van der Waals surface area contributed by atoms with Crippen molar-refractivity contribution < 1.29 is 18.4 Å². The number of aromatic nitrogens is 2. The second kappa shape index (κ2) is 5.19. The topological polar surface area (TPSA) is 85.2 Å². The van der Waals surface area contributed by atoms with E-state index in [-0.39, 0.29) is 24.7 Å². The smallest absolute Gasteiger partial charge is 0.245 e. The molecule has 0 aliphatic carbocycles. The zero-order valence-corrected chi connectivity index (χ0v) is 9.31. The zero-order valence-electron chi connectivity index (χ0n) is 9.31. The highest BCUT2D eigenvalue weighted by Crippen LogP contribution is 2.13. The molecular formula is C11H11F2N3O2. The van der Waals surface area contributed by atoms with E-state index in [1.807, 2.05) is 0 Å². The summed E-state index contributed by atoms with van der Waals surface area (Å²) >= 11 is 0. The van der Waals surface area contributed by atoms with Crippen LogP contribution < -0.4 is 5.73 Å². The molecule has 0 saturated carbocycles. The number of nitrogens with two attached hydrogens (primary N) is 1. The second-order valence-corrected chi connectivity index (χ2v) is 3.79. The largest absolute Gasteiger partial charge is 0.394 e. The van der Waals surface area contributed by atoms with Crippen LogP contribution in [0, 0.1) is 11.6 Å². The fourth-order valence-electron chi connectivity index (χ4n) is 1.46. The SMILES string of the molecule is NC(CO)c1nc(Cc2cc(F)cc(F)c2)no1. The Morgan fingerprint density at radius 3 is 2.56 bits per heavy atom. The summed E-state index contributed by atoms with van der Waals surface area (Å²) in [5.41, 5.74) is 5.87.